The Balaban J connectivity index is 0.00000441. The van der Waals surface area contributed by atoms with Crippen LogP contribution in [0.25, 0.3) is 0 Å². The number of ether oxygens (including phenoxy) is 1. The number of nitrogens with one attached hydrogen (secondary N) is 1. The first-order valence-electron chi connectivity index (χ1n) is 8.42. The molecule has 132 valence electrons. The van der Waals surface area contributed by atoms with Gasteiger partial charge in [0.15, 0.2) is 5.96 Å². The number of nitrogens with zero attached hydrogens (tertiary/aromatic N) is 3. The van der Waals surface area contributed by atoms with Crippen molar-refractivity contribution < 1.29 is 4.74 Å². The van der Waals surface area contributed by atoms with Gasteiger partial charge in [-0.1, -0.05) is 13.8 Å². The summed E-state index contributed by atoms with van der Waals surface area (Å²) in [5.74, 6) is 1.70. The second kappa shape index (κ2) is 12.4. The molecular formula is C16H35IN4O. The highest BCUT2D eigenvalue weighted by Crippen LogP contribution is 2.16. The van der Waals surface area contributed by atoms with E-state index < -0.39 is 0 Å². The van der Waals surface area contributed by atoms with E-state index >= 15 is 0 Å². The second-order valence-corrected chi connectivity index (χ2v) is 5.82. The van der Waals surface area contributed by atoms with E-state index in [1.54, 1.807) is 7.11 Å². The zero-order valence-electron chi connectivity index (χ0n) is 15.0. The van der Waals surface area contributed by atoms with Gasteiger partial charge in [-0.15, -0.1) is 24.0 Å². The summed E-state index contributed by atoms with van der Waals surface area (Å²) in [4.78, 5) is 9.68. The predicted molar refractivity (Wildman–Crippen MR) is 105 cm³/mol. The summed E-state index contributed by atoms with van der Waals surface area (Å²) in [5.41, 5.74) is 0. The van der Waals surface area contributed by atoms with Crippen LogP contribution in [0, 0.1) is 5.92 Å². The third-order valence-electron chi connectivity index (χ3n) is 4.26. The maximum absolute atomic E-state index is 5.28. The fourth-order valence-electron chi connectivity index (χ4n) is 3.00. The highest BCUT2D eigenvalue weighted by molar-refractivity contribution is 14.0. The van der Waals surface area contributed by atoms with Gasteiger partial charge in [0.05, 0.1) is 13.2 Å². The lowest BCUT2D eigenvalue weighted by Crippen LogP contribution is -2.42. The van der Waals surface area contributed by atoms with Crippen molar-refractivity contribution in [2.24, 2.45) is 10.9 Å². The molecule has 1 saturated heterocycles. The first-order valence-corrected chi connectivity index (χ1v) is 8.42. The summed E-state index contributed by atoms with van der Waals surface area (Å²) < 4.78 is 5.28. The minimum atomic E-state index is 0. The Kier molecular flexibility index (Phi) is 12.3. The van der Waals surface area contributed by atoms with Crippen molar-refractivity contribution in [3.8, 4) is 0 Å². The highest BCUT2D eigenvalue weighted by Gasteiger charge is 2.24. The second-order valence-electron chi connectivity index (χ2n) is 5.82. The molecule has 1 heterocycles. The van der Waals surface area contributed by atoms with Crippen molar-refractivity contribution in [1.29, 1.82) is 0 Å². The van der Waals surface area contributed by atoms with Crippen molar-refractivity contribution in [3.05, 3.63) is 0 Å². The first-order chi connectivity index (χ1) is 10.2. The number of guanidine groups is 1. The molecule has 6 heteroatoms. The van der Waals surface area contributed by atoms with Crippen LogP contribution in [0.4, 0.5) is 0 Å². The standard InChI is InChI=1S/C16H34N4O.HI/c1-6-17-16(18-11-14(4)19(7-2)8-3)20-10-9-15(12-20)13-21-5;/h14-15H,6-13H2,1-5H3,(H,17,18);1H. The van der Waals surface area contributed by atoms with Crippen molar-refractivity contribution in [1.82, 2.24) is 15.1 Å². The predicted octanol–water partition coefficient (Wildman–Crippen LogP) is 2.27. The normalized spacial score (nSPS) is 20.2. The number of likely N-dealkylation sites (tertiary alicyclic amines) is 1. The third kappa shape index (κ3) is 7.00. The summed E-state index contributed by atoms with van der Waals surface area (Å²) in [6.07, 6.45) is 1.20. The lowest BCUT2D eigenvalue weighted by atomic mass is 10.1. The molecule has 0 aromatic carbocycles. The quantitative estimate of drug-likeness (QED) is 0.367. The summed E-state index contributed by atoms with van der Waals surface area (Å²) >= 11 is 0. The van der Waals surface area contributed by atoms with Gasteiger partial charge in [0.2, 0.25) is 0 Å². The Morgan fingerprint density at radius 1 is 1.36 bits per heavy atom. The number of hydrogen-bond acceptors (Lipinski definition) is 3. The van der Waals surface area contributed by atoms with Crippen molar-refractivity contribution in [3.63, 3.8) is 0 Å². The van der Waals surface area contributed by atoms with E-state index in [2.05, 4.69) is 42.8 Å². The molecule has 0 bridgehead atoms. The Morgan fingerprint density at radius 2 is 2.05 bits per heavy atom. The molecule has 0 aromatic rings. The van der Waals surface area contributed by atoms with Gasteiger partial charge in [-0.2, -0.15) is 0 Å². The molecule has 0 aromatic heterocycles. The van der Waals surface area contributed by atoms with E-state index in [4.69, 9.17) is 9.73 Å². The van der Waals surface area contributed by atoms with E-state index in [9.17, 15) is 0 Å². The van der Waals surface area contributed by atoms with Crippen LogP contribution in [0.3, 0.4) is 0 Å². The Hall–Kier alpha value is -0.0800. The van der Waals surface area contributed by atoms with Gasteiger partial charge in [0, 0.05) is 38.7 Å². The first kappa shape index (κ1) is 21.9. The number of hydrogen-bond donors (Lipinski definition) is 1. The molecule has 1 fully saturated rings. The monoisotopic (exact) mass is 426 g/mol. The van der Waals surface area contributed by atoms with Gasteiger partial charge in [0.1, 0.15) is 0 Å². The number of aliphatic imine (C=N–C) groups is 1. The lowest BCUT2D eigenvalue weighted by molar-refractivity contribution is 0.157. The SMILES string of the molecule is CCNC(=NCC(C)N(CC)CC)N1CCC(COC)C1.I. The van der Waals surface area contributed by atoms with Crippen LogP contribution < -0.4 is 5.32 Å². The summed E-state index contributed by atoms with van der Waals surface area (Å²) in [7, 11) is 1.79. The molecule has 1 aliphatic heterocycles. The maximum Gasteiger partial charge on any atom is 0.193 e. The average molecular weight is 426 g/mol. The minimum Gasteiger partial charge on any atom is -0.384 e. The van der Waals surface area contributed by atoms with Crippen LogP contribution >= 0.6 is 24.0 Å². The number of methoxy groups -OCH3 is 1. The fraction of sp³-hybridized carbons (Fsp3) is 0.938. The number of rotatable bonds is 8. The maximum atomic E-state index is 5.28. The third-order valence-corrected chi connectivity index (χ3v) is 4.26. The van der Waals surface area contributed by atoms with Crippen LogP contribution in [0.5, 0.6) is 0 Å². The average Bonchev–Trinajstić information content (AvgIpc) is 2.93. The number of halogens is 1. The van der Waals surface area contributed by atoms with Gasteiger partial charge < -0.3 is 15.0 Å². The molecule has 0 saturated carbocycles. The van der Waals surface area contributed by atoms with E-state index in [0.29, 0.717) is 12.0 Å². The van der Waals surface area contributed by atoms with Crippen molar-refractivity contribution in [2.75, 3.05) is 53.0 Å². The zero-order valence-corrected chi connectivity index (χ0v) is 17.3. The smallest absolute Gasteiger partial charge is 0.193 e. The van der Waals surface area contributed by atoms with Gasteiger partial charge in [0.25, 0.3) is 0 Å². The van der Waals surface area contributed by atoms with E-state index in [0.717, 1.165) is 51.8 Å². The molecule has 22 heavy (non-hydrogen) atoms. The van der Waals surface area contributed by atoms with E-state index in [-0.39, 0.29) is 24.0 Å². The summed E-state index contributed by atoms with van der Waals surface area (Å²) in [5, 5.41) is 3.43. The van der Waals surface area contributed by atoms with Gasteiger partial charge in [-0.25, -0.2) is 0 Å². The summed E-state index contributed by atoms with van der Waals surface area (Å²) in [6, 6.07) is 0.492. The molecule has 1 rings (SSSR count). The van der Waals surface area contributed by atoms with Crippen LogP contribution in [0.1, 0.15) is 34.1 Å². The van der Waals surface area contributed by atoms with E-state index in [1.807, 2.05) is 0 Å². The molecule has 0 amide bonds. The fourth-order valence-corrected chi connectivity index (χ4v) is 3.00. The molecule has 0 aliphatic carbocycles. The zero-order chi connectivity index (χ0) is 15.7. The molecule has 1 aliphatic rings. The van der Waals surface area contributed by atoms with Crippen molar-refractivity contribution >= 4 is 29.9 Å². The highest BCUT2D eigenvalue weighted by atomic mass is 127. The minimum absolute atomic E-state index is 0. The molecule has 0 spiro atoms. The Bertz CT molecular complexity index is 311. The van der Waals surface area contributed by atoms with Crippen LogP contribution in [0.2, 0.25) is 0 Å². The van der Waals surface area contributed by atoms with Crippen molar-refractivity contribution in [2.45, 2.75) is 40.2 Å². The molecule has 5 nitrogen and oxygen atoms in total. The van der Waals surface area contributed by atoms with Crippen LogP contribution in [-0.4, -0.2) is 74.8 Å². The Labute approximate surface area is 153 Å². The molecule has 0 radical (unpaired) electrons. The van der Waals surface area contributed by atoms with Crippen LogP contribution in [0.15, 0.2) is 4.99 Å². The Morgan fingerprint density at radius 3 is 2.59 bits per heavy atom. The van der Waals surface area contributed by atoms with Gasteiger partial charge in [-0.05, 0) is 33.4 Å². The van der Waals surface area contributed by atoms with E-state index in [1.165, 1.54) is 6.42 Å². The summed E-state index contributed by atoms with van der Waals surface area (Å²) in [6.45, 7) is 15.8. The van der Waals surface area contributed by atoms with Crippen LogP contribution in [-0.2, 0) is 4.74 Å². The van der Waals surface area contributed by atoms with Gasteiger partial charge >= 0.3 is 0 Å². The molecule has 1 N–H and O–H groups in total. The molecule has 2 atom stereocenters. The number of likely N-dealkylation sites (N-methyl/N-ethyl adjacent to an activating group) is 1. The van der Waals surface area contributed by atoms with Gasteiger partial charge in [-0.3, -0.25) is 9.89 Å². The topological polar surface area (TPSA) is 40.1 Å². The molecule has 2 unspecified atom stereocenters. The lowest BCUT2D eigenvalue weighted by Gasteiger charge is -2.26. The largest absolute Gasteiger partial charge is 0.384 e. The molecular weight excluding hydrogens is 391 g/mol.